The lowest BCUT2D eigenvalue weighted by molar-refractivity contribution is -0.140. The summed E-state index contributed by atoms with van der Waals surface area (Å²) in [5, 5.41) is 22.3. The Kier molecular flexibility index (Phi) is 4.69. The highest BCUT2D eigenvalue weighted by molar-refractivity contribution is 5.89. The number of carbonyl (C=O) groups excluding carboxylic acids is 1. The summed E-state index contributed by atoms with van der Waals surface area (Å²) in [6, 6.07) is 7.89. The maximum absolute atomic E-state index is 11.4. The van der Waals surface area contributed by atoms with Crippen LogP contribution in [-0.4, -0.2) is 23.7 Å². The highest BCUT2D eigenvalue weighted by Gasteiger charge is 2.11. The molecule has 94 valence electrons. The largest absolute Gasteiger partial charge is 0.481 e. The van der Waals surface area contributed by atoms with Gasteiger partial charge in [0.05, 0.1) is 17.6 Å². The zero-order valence-electron chi connectivity index (χ0n) is 9.80. The number of anilines is 1. The van der Waals surface area contributed by atoms with E-state index >= 15 is 0 Å². The number of carboxylic acid groups (broad SMARTS) is 1. The van der Waals surface area contributed by atoms with Gasteiger partial charge in [-0.1, -0.05) is 13.0 Å². The molecule has 18 heavy (non-hydrogen) atoms. The van der Waals surface area contributed by atoms with E-state index in [1.54, 1.807) is 18.2 Å². The second-order valence-corrected chi connectivity index (χ2v) is 3.77. The first-order valence-electron chi connectivity index (χ1n) is 5.30. The molecule has 0 radical (unpaired) electrons. The van der Waals surface area contributed by atoms with Crippen molar-refractivity contribution in [2.45, 2.75) is 6.92 Å². The minimum atomic E-state index is -0.971. The van der Waals surface area contributed by atoms with Crippen LogP contribution in [0.2, 0.25) is 0 Å². The van der Waals surface area contributed by atoms with Crippen molar-refractivity contribution < 1.29 is 14.7 Å². The van der Waals surface area contributed by atoms with E-state index in [1.807, 2.05) is 6.07 Å². The maximum Gasteiger partial charge on any atom is 0.319 e. The molecule has 1 unspecified atom stereocenters. The summed E-state index contributed by atoms with van der Waals surface area (Å²) in [6.07, 6.45) is 0. The molecular weight excluding hydrogens is 234 g/mol. The lowest BCUT2D eigenvalue weighted by Crippen LogP contribution is -2.34. The molecule has 0 fully saturated rings. The Morgan fingerprint density at radius 1 is 1.50 bits per heavy atom. The molecule has 0 aliphatic rings. The fourth-order valence-corrected chi connectivity index (χ4v) is 1.17. The van der Waals surface area contributed by atoms with Crippen LogP contribution in [0.15, 0.2) is 24.3 Å². The molecule has 0 aliphatic heterocycles. The van der Waals surface area contributed by atoms with Gasteiger partial charge in [0.15, 0.2) is 0 Å². The highest BCUT2D eigenvalue weighted by Crippen LogP contribution is 2.09. The molecule has 1 aromatic rings. The fraction of sp³-hybridized carbons (Fsp3) is 0.250. The van der Waals surface area contributed by atoms with Gasteiger partial charge < -0.3 is 15.7 Å². The molecule has 6 heteroatoms. The molecule has 1 aromatic carbocycles. The van der Waals surface area contributed by atoms with Gasteiger partial charge >= 0.3 is 12.0 Å². The van der Waals surface area contributed by atoms with Crippen molar-refractivity contribution in [3.8, 4) is 6.07 Å². The van der Waals surface area contributed by atoms with Crippen molar-refractivity contribution in [3.05, 3.63) is 29.8 Å². The van der Waals surface area contributed by atoms with Gasteiger partial charge in [0, 0.05) is 12.2 Å². The van der Waals surface area contributed by atoms with Crippen LogP contribution in [-0.2, 0) is 4.79 Å². The van der Waals surface area contributed by atoms with Gasteiger partial charge in [0.1, 0.15) is 0 Å². The predicted octanol–water partition coefficient (Wildman–Crippen LogP) is 1.40. The molecule has 0 spiro atoms. The van der Waals surface area contributed by atoms with E-state index in [1.165, 1.54) is 13.0 Å². The molecule has 0 aromatic heterocycles. The van der Waals surface area contributed by atoms with Gasteiger partial charge in [-0.2, -0.15) is 5.26 Å². The zero-order chi connectivity index (χ0) is 13.5. The molecule has 0 saturated heterocycles. The number of nitrogens with one attached hydrogen (secondary N) is 2. The smallest absolute Gasteiger partial charge is 0.319 e. The average molecular weight is 247 g/mol. The van der Waals surface area contributed by atoms with Crippen LogP contribution in [0.3, 0.4) is 0 Å². The summed E-state index contributed by atoms with van der Waals surface area (Å²) < 4.78 is 0. The Labute approximate surface area is 104 Å². The summed E-state index contributed by atoms with van der Waals surface area (Å²) >= 11 is 0. The fourth-order valence-electron chi connectivity index (χ4n) is 1.17. The van der Waals surface area contributed by atoms with E-state index in [4.69, 9.17) is 10.4 Å². The van der Waals surface area contributed by atoms with Gasteiger partial charge in [-0.05, 0) is 18.2 Å². The number of carbonyl (C=O) groups is 2. The monoisotopic (exact) mass is 247 g/mol. The Balaban J connectivity index is 2.50. The van der Waals surface area contributed by atoms with Crippen molar-refractivity contribution in [3.63, 3.8) is 0 Å². The SMILES string of the molecule is CC(CNC(=O)Nc1cccc(C#N)c1)C(=O)O. The number of carboxylic acids is 1. The molecule has 0 bridgehead atoms. The number of hydrogen-bond donors (Lipinski definition) is 3. The molecule has 0 aliphatic carbocycles. The molecule has 2 amide bonds. The van der Waals surface area contributed by atoms with Gasteiger partial charge in [-0.3, -0.25) is 4.79 Å². The minimum absolute atomic E-state index is 0.0408. The summed E-state index contributed by atoms with van der Waals surface area (Å²) in [6.45, 7) is 1.54. The highest BCUT2D eigenvalue weighted by atomic mass is 16.4. The van der Waals surface area contributed by atoms with E-state index in [-0.39, 0.29) is 6.54 Å². The Morgan fingerprint density at radius 3 is 2.83 bits per heavy atom. The lowest BCUT2D eigenvalue weighted by atomic mass is 10.2. The van der Waals surface area contributed by atoms with Crippen LogP contribution in [0.4, 0.5) is 10.5 Å². The normalized spacial score (nSPS) is 11.1. The van der Waals surface area contributed by atoms with E-state index in [0.29, 0.717) is 11.3 Å². The molecule has 0 saturated carbocycles. The minimum Gasteiger partial charge on any atom is -0.481 e. The Hall–Kier alpha value is -2.55. The van der Waals surface area contributed by atoms with E-state index in [2.05, 4.69) is 10.6 Å². The zero-order valence-corrected chi connectivity index (χ0v) is 9.80. The first kappa shape index (κ1) is 13.5. The number of amides is 2. The standard InChI is InChI=1S/C12H13N3O3/c1-8(11(16)17)7-14-12(18)15-10-4-2-3-9(5-10)6-13/h2-5,8H,7H2,1H3,(H,16,17)(H2,14,15,18). The molecule has 3 N–H and O–H groups in total. The average Bonchev–Trinajstić information content (AvgIpc) is 2.36. The van der Waals surface area contributed by atoms with Crippen molar-refractivity contribution in [1.29, 1.82) is 5.26 Å². The number of aliphatic carboxylic acids is 1. The van der Waals surface area contributed by atoms with Gasteiger partial charge in [-0.15, -0.1) is 0 Å². The van der Waals surface area contributed by atoms with Crippen LogP contribution >= 0.6 is 0 Å². The first-order valence-corrected chi connectivity index (χ1v) is 5.30. The third-order valence-electron chi connectivity index (χ3n) is 2.24. The number of nitrogens with zero attached hydrogens (tertiary/aromatic N) is 1. The number of nitriles is 1. The number of rotatable bonds is 4. The molecular formula is C12H13N3O3. The maximum atomic E-state index is 11.4. The quantitative estimate of drug-likeness (QED) is 0.748. The molecule has 6 nitrogen and oxygen atoms in total. The Morgan fingerprint density at radius 2 is 2.22 bits per heavy atom. The van der Waals surface area contributed by atoms with Crippen LogP contribution in [0.25, 0.3) is 0 Å². The van der Waals surface area contributed by atoms with Crippen molar-refractivity contribution in [1.82, 2.24) is 5.32 Å². The van der Waals surface area contributed by atoms with E-state index < -0.39 is 17.9 Å². The van der Waals surface area contributed by atoms with Crippen LogP contribution in [0.1, 0.15) is 12.5 Å². The third-order valence-corrected chi connectivity index (χ3v) is 2.24. The van der Waals surface area contributed by atoms with Crippen molar-refractivity contribution in [2.24, 2.45) is 5.92 Å². The number of benzene rings is 1. The summed E-state index contributed by atoms with van der Waals surface area (Å²) in [5.74, 6) is -1.62. The first-order chi connectivity index (χ1) is 8.52. The van der Waals surface area contributed by atoms with Crippen molar-refractivity contribution >= 4 is 17.7 Å². The number of urea groups is 1. The van der Waals surface area contributed by atoms with Crippen molar-refractivity contribution in [2.75, 3.05) is 11.9 Å². The van der Waals surface area contributed by atoms with E-state index in [0.717, 1.165) is 0 Å². The van der Waals surface area contributed by atoms with Gasteiger partial charge in [0.2, 0.25) is 0 Å². The Bertz CT molecular complexity index is 494. The van der Waals surface area contributed by atoms with Crippen LogP contribution in [0, 0.1) is 17.2 Å². The predicted molar refractivity (Wildman–Crippen MR) is 65.0 cm³/mol. The summed E-state index contributed by atoms with van der Waals surface area (Å²) in [5.41, 5.74) is 0.918. The topological polar surface area (TPSA) is 102 Å². The van der Waals surface area contributed by atoms with Gasteiger partial charge in [0.25, 0.3) is 0 Å². The van der Waals surface area contributed by atoms with Gasteiger partial charge in [-0.25, -0.2) is 4.79 Å². The summed E-state index contributed by atoms with van der Waals surface area (Å²) in [4.78, 5) is 22.0. The molecule has 1 rings (SSSR count). The van der Waals surface area contributed by atoms with E-state index in [9.17, 15) is 9.59 Å². The molecule has 0 heterocycles. The third kappa shape index (κ3) is 4.14. The lowest BCUT2D eigenvalue weighted by Gasteiger charge is -2.09. The second-order valence-electron chi connectivity index (χ2n) is 3.77. The molecule has 1 atom stereocenters. The summed E-state index contributed by atoms with van der Waals surface area (Å²) in [7, 11) is 0. The number of hydrogen-bond acceptors (Lipinski definition) is 3. The second kappa shape index (κ2) is 6.25. The van der Waals surface area contributed by atoms with Crippen LogP contribution in [0.5, 0.6) is 0 Å². The van der Waals surface area contributed by atoms with Crippen LogP contribution < -0.4 is 10.6 Å².